The first kappa shape index (κ1) is 24.2. The quantitative estimate of drug-likeness (QED) is 0.268. The highest BCUT2D eigenvalue weighted by Gasteiger charge is 2.39. The number of thioether (sulfide) groups is 1. The van der Waals surface area contributed by atoms with Gasteiger partial charge in [-0.2, -0.15) is 0 Å². The summed E-state index contributed by atoms with van der Waals surface area (Å²) in [5, 5.41) is 2.27. The van der Waals surface area contributed by atoms with Crippen molar-refractivity contribution in [3.8, 4) is 0 Å². The fourth-order valence-corrected chi connectivity index (χ4v) is 7.37. The number of hydrogen-bond acceptors (Lipinski definition) is 5. The molecule has 1 aliphatic heterocycles. The van der Waals surface area contributed by atoms with E-state index in [0.29, 0.717) is 19.5 Å². The number of halogens is 1. The molecule has 0 radical (unpaired) electrons. The molecule has 5 nitrogen and oxygen atoms in total. The van der Waals surface area contributed by atoms with E-state index in [1.807, 2.05) is 54.4 Å². The lowest BCUT2D eigenvalue weighted by Crippen LogP contribution is -2.43. The van der Waals surface area contributed by atoms with Gasteiger partial charge in [0.05, 0.1) is 23.6 Å². The van der Waals surface area contributed by atoms with Gasteiger partial charge in [-0.25, -0.2) is 9.37 Å². The number of aromatic amines is 1. The Morgan fingerprint density at radius 3 is 2.81 bits per heavy atom. The van der Waals surface area contributed by atoms with E-state index < -0.39 is 0 Å². The van der Waals surface area contributed by atoms with Crippen LogP contribution in [0, 0.1) is 5.82 Å². The largest absolute Gasteiger partial charge is 0.339 e. The van der Waals surface area contributed by atoms with Crippen molar-refractivity contribution in [3.05, 3.63) is 95.1 Å². The smallest absolute Gasteiger partial charge is 0.240 e. The van der Waals surface area contributed by atoms with Crippen LogP contribution < -0.4 is 0 Å². The summed E-state index contributed by atoms with van der Waals surface area (Å²) in [4.78, 5) is 27.1. The Bertz CT molecular complexity index is 1500. The number of benzene rings is 3. The molecule has 8 heteroatoms. The first-order valence-corrected chi connectivity index (χ1v) is 14.0. The molecule has 1 saturated heterocycles. The molecule has 188 valence electrons. The van der Waals surface area contributed by atoms with Crippen LogP contribution in [0.4, 0.5) is 4.39 Å². The zero-order valence-corrected chi connectivity index (χ0v) is 22.1. The number of H-pyrrole nitrogens is 1. The zero-order valence-electron chi connectivity index (χ0n) is 20.4. The Hall–Kier alpha value is -3.20. The van der Waals surface area contributed by atoms with Gasteiger partial charge in [-0.3, -0.25) is 9.69 Å². The Kier molecular flexibility index (Phi) is 6.71. The third-order valence-corrected chi connectivity index (χ3v) is 9.01. The number of likely N-dealkylation sites (N-methyl/N-ethyl adjacent to an activating group) is 1. The van der Waals surface area contributed by atoms with Crippen molar-refractivity contribution in [2.45, 2.75) is 36.0 Å². The molecular weight excluding hydrogens is 503 g/mol. The third kappa shape index (κ3) is 5.28. The number of nitrogens with zero attached hydrogens (tertiary/aromatic N) is 3. The summed E-state index contributed by atoms with van der Waals surface area (Å²) in [5.41, 5.74) is 2.82. The minimum Gasteiger partial charge on any atom is -0.339 e. The number of hydrogen-bond donors (Lipinski definition) is 1. The molecule has 1 N–H and O–H groups in total. The zero-order chi connectivity index (χ0) is 25.4. The standard InChI is InChI=1S/C29H27FN4OS2/c1-33(17-22-14-20-8-2-5-12-27(20)36-22)28(35)26-15-23(18-34(26)16-19-7-6-9-21(30)13-19)37-29-31-24-10-3-4-11-25(24)32-29/h2-14,23,26H,15-18H2,1H3,(H,31,32)/t23-,26+/m1/s1. The Morgan fingerprint density at radius 1 is 1.14 bits per heavy atom. The predicted octanol–water partition coefficient (Wildman–Crippen LogP) is 6.31. The van der Waals surface area contributed by atoms with Gasteiger partial charge < -0.3 is 9.88 Å². The number of aromatic nitrogens is 2. The van der Waals surface area contributed by atoms with Crippen molar-refractivity contribution >= 4 is 50.1 Å². The van der Waals surface area contributed by atoms with E-state index in [2.05, 4.69) is 28.1 Å². The van der Waals surface area contributed by atoms with Crippen molar-refractivity contribution in [2.24, 2.45) is 0 Å². The summed E-state index contributed by atoms with van der Waals surface area (Å²) in [6.07, 6.45) is 0.715. The highest BCUT2D eigenvalue weighted by Crippen LogP contribution is 2.34. The first-order chi connectivity index (χ1) is 18.0. The maximum absolute atomic E-state index is 13.9. The molecular formula is C29H27FN4OS2. The van der Waals surface area contributed by atoms with Gasteiger partial charge in [0.15, 0.2) is 5.16 Å². The van der Waals surface area contributed by atoms with Crippen LogP contribution in [0.5, 0.6) is 0 Å². The van der Waals surface area contributed by atoms with Gasteiger partial charge in [0.2, 0.25) is 5.91 Å². The molecule has 5 aromatic rings. The molecule has 3 heterocycles. The van der Waals surface area contributed by atoms with Gasteiger partial charge in [0.25, 0.3) is 0 Å². The topological polar surface area (TPSA) is 52.2 Å². The summed E-state index contributed by atoms with van der Waals surface area (Å²) in [7, 11) is 1.88. The van der Waals surface area contributed by atoms with Crippen LogP contribution in [0.25, 0.3) is 21.1 Å². The molecule has 1 aliphatic rings. The van der Waals surface area contributed by atoms with Gasteiger partial charge in [0.1, 0.15) is 5.82 Å². The number of likely N-dealkylation sites (tertiary alicyclic amines) is 1. The van der Waals surface area contributed by atoms with Gasteiger partial charge in [-0.05, 0) is 53.8 Å². The summed E-state index contributed by atoms with van der Waals surface area (Å²) >= 11 is 3.41. The molecule has 1 fully saturated rings. The van der Waals surface area contributed by atoms with Crippen molar-refractivity contribution in [1.29, 1.82) is 0 Å². The number of amides is 1. The maximum atomic E-state index is 13.9. The first-order valence-electron chi connectivity index (χ1n) is 12.3. The normalized spacial score (nSPS) is 18.1. The van der Waals surface area contributed by atoms with E-state index in [-0.39, 0.29) is 23.0 Å². The molecule has 1 amide bonds. The van der Waals surface area contributed by atoms with Gasteiger partial charge in [-0.1, -0.05) is 54.2 Å². The van der Waals surface area contributed by atoms with Crippen molar-refractivity contribution in [1.82, 2.24) is 19.8 Å². The molecule has 2 atom stereocenters. The highest BCUT2D eigenvalue weighted by molar-refractivity contribution is 7.99. The summed E-state index contributed by atoms with van der Waals surface area (Å²) < 4.78 is 15.1. The maximum Gasteiger partial charge on any atom is 0.240 e. The van der Waals surface area contributed by atoms with E-state index in [1.165, 1.54) is 21.0 Å². The van der Waals surface area contributed by atoms with Crippen molar-refractivity contribution in [2.75, 3.05) is 13.6 Å². The van der Waals surface area contributed by atoms with Crippen LogP contribution in [0.3, 0.4) is 0 Å². The molecule has 37 heavy (non-hydrogen) atoms. The monoisotopic (exact) mass is 530 g/mol. The van der Waals surface area contributed by atoms with E-state index in [1.54, 1.807) is 35.2 Å². The lowest BCUT2D eigenvalue weighted by molar-refractivity contribution is -0.135. The Balaban J connectivity index is 1.21. The molecule has 0 unspecified atom stereocenters. The number of thiophene rings is 1. The van der Waals surface area contributed by atoms with Gasteiger partial charge in [-0.15, -0.1) is 11.3 Å². The van der Waals surface area contributed by atoms with Crippen molar-refractivity contribution < 1.29 is 9.18 Å². The number of carbonyl (C=O) groups is 1. The van der Waals surface area contributed by atoms with Crippen LogP contribution in [0.2, 0.25) is 0 Å². The second-order valence-electron chi connectivity index (χ2n) is 9.55. The minimum atomic E-state index is -0.274. The van der Waals surface area contributed by atoms with E-state index in [0.717, 1.165) is 28.3 Å². The molecule has 6 rings (SSSR count). The lowest BCUT2D eigenvalue weighted by atomic mass is 10.1. The number of fused-ring (bicyclic) bond motifs is 2. The van der Waals surface area contributed by atoms with Crippen LogP contribution >= 0.6 is 23.1 Å². The van der Waals surface area contributed by atoms with Crippen LogP contribution in [-0.4, -0.2) is 50.6 Å². The van der Waals surface area contributed by atoms with Gasteiger partial charge in [0, 0.05) is 35.0 Å². The van der Waals surface area contributed by atoms with E-state index in [9.17, 15) is 9.18 Å². The molecule has 0 aliphatic carbocycles. The predicted molar refractivity (Wildman–Crippen MR) is 149 cm³/mol. The number of carbonyl (C=O) groups excluding carboxylic acids is 1. The SMILES string of the molecule is CN(Cc1cc2ccccc2s1)C(=O)[C@@H]1C[C@@H](Sc2nc3ccccc3[nH]2)CN1Cc1cccc(F)c1. The number of nitrogens with one attached hydrogen (secondary N) is 1. The average molecular weight is 531 g/mol. The average Bonchev–Trinajstić information content (AvgIpc) is 3.59. The van der Waals surface area contributed by atoms with Crippen LogP contribution in [-0.2, 0) is 17.9 Å². The summed E-state index contributed by atoms with van der Waals surface area (Å²) in [6, 6.07) is 24.8. The number of para-hydroxylation sites is 2. The summed E-state index contributed by atoms with van der Waals surface area (Å²) in [5.74, 6) is -0.156. The molecule has 2 aromatic heterocycles. The molecule has 3 aromatic carbocycles. The Labute approximate surface area is 223 Å². The second kappa shape index (κ2) is 10.3. The van der Waals surface area contributed by atoms with E-state index >= 15 is 0 Å². The fourth-order valence-electron chi connectivity index (χ4n) is 5.07. The van der Waals surface area contributed by atoms with Gasteiger partial charge >= 0.3 is 0 Å². The lowest BCUT2D eigenvalue weighted by Gasteiger charge is -2.27. The number of rotatable bonds is 7. The Morgan fingerprint density at radius 2 is 1.97 bits per heavy atom. The minimum absolute atomic E-state index is 0.0987. The molecule has 0 saturated carbocycles. The van der Waals surface area contributed by atoms with Crippen LogP contribution in [0.1, 0.15) is 16.9 Å². The van der Waals surface area contributed by atoms with Crippen LogP contribution in [0.15, 0.2) is 84.0 Å². The second-order valence-corrected chi connectivity index (χ2v) is 12.0. The van der Waals surface area contributed by atoms with E-state index in [4.69, 9.17) is 4.98 Å². The summed E-state index contributed by atoms with van der Waals surface area (Å²) in [6.45, 7) is 1.83. The fraction of sp³-hybridized carbons (Fsp3) is 0.241. The molecule has 0 bridgehead atoms. The highest BCUT2D eigenvalue weighted by atomic mass is 32.2. The molecule has 0 spiro atoms. The van der Waals surface area contributed by atoms with Crippen molar-refractivity contribution in [3.63, 3.8) is 0 Å². The third-order valence-electron chi connectivity index (χ3n) is 6.82. The number of imidazole rings is 1.